The molecule has 2 aromatic rings. The number of fused-ring (bicyclic) bond motifs is 1. The van der Waals surface area contributed by atoms with Crippen molar-refractivity contribution in [2.45, 2.75) is 32.2 Å². The first-order chi connectivity index (χ1) is 17.5. The van der Waals surface area contributed by atoms with E-state index in [0.717, 1.165) is 24.8 Å². The molecule has 1 heterocycles. The number of morpholine rings is 1. The van der Waals surface area contributed by atoms with E-state index >= 15 is 0 Å². The Morgan fingerprint density at radius 2 is 1.83 bits per heavy atom. The van der Waals surface area contributed by atoms with Gasteiger partial charge in [-0.1, -0.05) is 24.3 Å². The van der Waals surface area contributed by atoms with Crippen molar-refractivity contribution in [1.82, 2.24) is 10.2 Å². The van der Waals surface area contributed by atoms with Crippen molar-refractivity contribution in [3.05, 3.63) is 59.2 Å². The molecular weight excluding hydrogens is 464 g/mol. The van der Waals surface area contributed by atoms with Gasteiger partial charge in [0.05, 0.1) is 31.4 Å². The van der Waals surface area contributed by atoms with Crippen LogP contribution in [0.3, 0.4) is 0 Å². The summed E-state index contributed by atoms with van der Waals surface area (Å²) in [7, 11) is 0. The van der Waals surface area contributed by atoms with Gasteiger partial charge in [0.25, 0.3) is 11.8 Å². The highest BCUT2D eigenvalue weighted by molar-refractivity contribution is 5.92. The second-order valence-electron chi connectivity index (χ2n) is 8.66. The lowest BCUT2D eigenvalue weighted by Gasteiger charge is -2.26. The Morgan fingerprint density at radius 1 is 1.03 bits per heavy atom. The number of rotatable bonds is 9. The highest BCUT2D eigenvalue weighted by atomic mass is 16.5. The summed E-state index contributed by atoms with van der Waals surface area (Å²) in [5.41, 5.74) is 2.58. The van der Waals surface area contributed by atoms with Gasteiger partial charge in [-0.2, -0.15) is 0 Å². The lowest BCUT2D eigenvalue weighted by atomic mass is 9.88. The van der Waals surface area contributed by atoms with Crippen LogP contribution in [-0.4, -0.2) is 68.8 Å². The van der Waals surface area contributed by atoms with E-state index in [2.05, 4.69) is 11.4 Å². The maximum atomic E-state index is 12.6. The molecule has 0 radical (unpaired) electrons. The standard InChI is InChI=1S/C27H32N2O7/c1-2-34-24-16-20(10-11-23(24)35-18-26(31)29-12-14-33-15-13-29)27(32)36-17-25(30)28-22-9-5-7-19-6-3-4-8-21(19)22/h3-4,6,8,10-11,16,22H,2,5,7,9,12-15,17-18H2,1H3,(H,28,30)/t22-/m0/s1. The van der Waals surface area contributed by atoms with Crippen LogP contribution in [-0.2, 0) is 25.5 Å². The number of carbonyl (C=O) groups excluding carboxylic acids is 3. The lowest BCUT2D eigenvalue weighted by molar-refractivity contribution is -0.137. The number of esters is 1. The number of hydrogen-bond acceptors (Lipinski definition) is 7. The number of ether oxygens (including phenoxy) is 4. The van der Waals surface area contributed by atoms with Crippen LogP contribution in [0.2, 0.25) is 0 Å². The van der Waals surface area contributed by atoms with Gasteiger partial charge in [0, 0.05) is 13.1 Å². The summed E-state index contributed by atoms with van der Waals surface area (Å²) in [4.78, 5) is 39.1. The van der Waals surface area contributed by atoms with Crippen LogP contribution >= 0.6 is 0 Å². The SMILES string of the molecule is CCOc1cc(C(=O)OCC(=O)N[C@H]2CCCc3ccccc32)ccc1OCC(=O)N1CCOCC1. The summed E-state index contributed by atoms with van der Waals surface area (Å²) in [6, 6.07) is 12.6. The van der Waals surface area contributed by atoms with E-state index in [0.29, 0.717) is 44.4 Å². The third-order valence-corrected chi connectivity index (χ3v) is 6.23. The summed E-state index contributed by atoms with van der Waals surface area (Å²) in [6.07, 6.45) is 2.85. The van der Waals surface area contributed by atoms with Crippen molar-refractivity contribution in [1.29, 1.82) is 0 Å². The average molecular weight is 497 g/mol. The Balaban J connectivity index is 1.31. The molecule has 0 aromatic heterocycles. The molecule has 0 saturated carbocycles. The van der Waals surface area contributed by atoms with Gasteiger partial charge in [-0.3, -0.25) is 9.59 Å². The van der Waals surface area contributed by atoms with E-state index < -0.39 is 5.97 Å². The van der Waals surface area contributed by atoms with Crippen molar-refractivity contribution < 1.29 is 33.3 Å². The Hall–Kier alpha value is -3.59. The summed E-state index contributed by atoms with van der Waals surface area (Å²) in [5.74, 6) is -0.465. The van der Waals surface area contributed by atoms with Gasteiger partial charge in [0.2, 0.25) is 0 Å². The van der Waals surface area contributed by atoms with Gasteiger partial charge >= 0.3 is 5.97 Å². The first-order valence-electron chi connectivity index (χ1n) is 12.3. The Kier molecular flexibility index (Phi) is 8.78. The molecule has 192 valence electrons. The first kappa shape index (κ1) is 25.5. The van der Waals surface area contributed by atoms with Crippen LogP contribution in [0.25, 0.3) is 0 Å². The van der Waals surface area contributed by atoms with Crippen molar-refractivity contribution in [3.8, 4) is 11.5 Å². The zero-order valence-electron chi connectivity index (χ0n) is 20.5. The van der Waals surface area contributed by atoms with Crippen LogP contribution < -0.4 is 14.8 Å². The highest BCUT2D eigenvalue weighted by Crippen LogP contribution is 2.30. The molecule has 0 spiro atoms. The van der Waals surface area contributed by atoms with E-state index in [9.17, 15) is 14.4 Å². The summed E-state index contributed by atoms with van der Waals surface area (Å²) < 4.78 is 21.8. The molecule has 9 nitrogen and oxygen atoms in total. The van der Waals surface area contributed by atoms with E-state index in [1.165, 1.54) is 17.7 Å². The van der Waals surface area contributed by atoms with Crippen molar-refractivity contribution in [3.63, 3.8) is 0 Å². The second-order valence-corrected chi connectivity index (χ2v) is 8.66. The highest BCUT2D eigenvalue weighted by Gasteiger charge is 2.23. The molecule has 1 aliphatic carbocycles. The molecule has 2 amide bonds. The fourth-order valence-corrected chi connectivity index (χ4v) is 4.42. The Labute approximate surface area is 210 Å². The van der Waals surface area contributed by atoms with Gasteiger partial charge in [0.15, 0.2) is 24.7 Å². The van der Waals surface area contributed by atoms with Gasteiger partial charge in [-0.25, -0.2) is 4.79 Å². The Bertz CT molecular complexity index is 1080. The number of amides is 2. The lowest BCUT2D eigenvalue weighted by Crippen LogP contribution is -2.43. The average Bonchev–Trinajstić information content (AvgIpc) is 2.91. The third-order valence-electron chi connectivity index (χ3n) is 6.23. The predicted molar refractivity (Wildman–Crippen MR) is 131 cm³/mol. The maximum absolute atomic E-state index is 12.6. The number of hydrogen-bond donors (Lipinski definition) is 1. The zero-order chi connectivity index (χ0) is 25.3. The minimum Gasteiger partial charge on any atom is -0.490 e. The van der Waals surface area contributed by atoms with Crippen molar-refractivity contribution in [2.75, 3.05) is 46.1 Å². The van der Waals surface area contributed by atoms with Gasteiger partial charge in [-0.05, 0) is 55.5 Å². The topological polar surface area (TPSA) is 103 Å². The molecule has 0 unspecified atom stereocenters. The number of nitrogens with zero attached hydrogens (tertiary/aromatic N) is 1. The molecule has 4 rings (SSSR count). The van der Waals surface area contributed by atoms with Gasteiger partial charge in [-0.15, -0.1) is 0 Å². The normalized spacial score (nSPS) is 17.0. The largest absolute Gasteiger partial charge is 0.490 e. The molecule has 1 saturated heterocycles. The fraction of sp³-hybridized carbons (Fsp3) is 0.444. The van der Waals surface area contributed by atoms with Crippen molar-refractivity contribution in [2.24, 2.45) is 0 Å². The smallest absolute Gasteiger partial charge is 0.338 e. The van der Waals surface area contributed by atoms with E-state index in [4.69, 9.17) is 18.9 Å². The minimum absolute atomic E-state index is 0.0812. The summed E-state index contributed by atoms with van der Waals surface area (Å²) in [5, 5.41) is 2.97. The minimum atomic E-state index is -0.647. The van der Waals surface area contributed by atoms with Crippen LogP contribution in [0, 0.1) is 0 Å². The number of benzene rings is 2. The van der Waals surface area contributed by atoms with Crippen LogP contribution in [0.1, 0.15) is 47.3 Å². The maximum Gasteiger partial charge on any atom is 0.338 e. The van der Waals surface area contributed by atoms with Crippen molar-refractivity contribution >= 4 is 17.8 Å². The number of aryl methyl sites for hydroxylation is 1. The monoisotopic (exact) mass is 496 g/mol. The predicted octanol–water partition coefficient (Wildman–Crippen LogP) is 2.67. The van der Waals surface area contributed by atoms with Gasteiger partial charge < -0.3 is 29.2 Å². The molecular formula is C27H32N2O7. The number of nitrogens with one attached hydrogen (secondary N) is 1. The summed E-state index contributed by atoms with van der Waals surface area (Å²) in [6.45, 7) is 3.72. The van der Waals surface area contributed by atoms with Crippen LogP contribution in [0.15, 0.2) is 42.5 Å². The fourth-order valence-electron chi connectivity index (χ4n) is 4.42. The molecule has 9 heteroatoms. The summed E-state index contributed by atoms with van der Waals surface area (Å²) >= 11 is 0. The van der Waals surface area contributed by atoms with Crippen LogP contribution in [0.4, 0.5) is 0 Å². The molecule has 1 aliphatic heterocycles. The number of carbonyl (C=O) groups is 3. The Morgan fingerprint density at radius 3 is 2.64 bits per heavy atom. The molecule has 36 heavy (non-hydrogen) atoms. The molecule has 0 bridgehead atoms. The molecule has 2 aliphatic rings. The second kappa shape index (κ2) is 12.4. The molecule has 2 aromatic carbocycles. The van der Waals surface area contributed by atoms with E-state index in [1.54, 1.807) is 17.9 Å². The van der Waals surface area contributed by atoms with Crippen LogP contribution in [0.5, 0.6) is 11.5 Å². The van der Waals surface area contributed by atoms with E-state index in [-0.39, 0.29) is 36.6 Å². The quantitative estimate of drug-likeness (QED) is 0.533. The third kappa shape index (κ3) is 6.54. The molecule has 1 fully saturated rings. The van der Waals surface area contributed by atoms with E-state index in [1.807, 2.05) is 18.2 Å². The van der Waals surface area contributed by atoms with Gasteiger partial charge in [0.1, 0.15) is 0 Å². The zero-order valence-corrected chi connectivity index (χ0v) is 20.5. The molecule has 1 atom stereocenters. The molecule has 1 N–H and O–H groups in total. The first-order valence-corrected chi connectivity index (χ1v) is 12.3.